The normalized spacial score (nSPS) is 14.6. The minimum absolute atomic E-state index is 0.126. The van der Waals surface area contributed by atoms with Gasteiger partial charge in [0.1, 0.15) is 5.65 Å². The number of nitrogens with one attached hydrogen (secondary N) is 1. The molecule has 3 heteroatoms. The van der Waals surface area contributed by atoms with Crippen LogP contribution in [0.5, 0.6) is 0 Å². The lowest BCUT2D eigenvalue weighted by molar-refractivity contribution is 0.665. The van der Waals surface area contributed by atoms with Crippen molar-refractivity contribution in [3.8, 4) is 16.9 Å². The first kappa shape index (κ1) is 18.8. The Morgan fingerprint density at radius 1 is 0.667 bits per heavy atom. The molecule has 0 radical (unpaired) electrons. The highest BCUT2D eigenvalue weighted by atomic mass is 15.1. The summed E-state index contributed by atoms with van der Waals surface area (Å²) in [4.78, 5) is 3.74. The van der Waals surface area contributed by atoms with Crippen molar-refractivity contribution in [3.63, 3.8) is 0 Å². The maximum Gasteiger partial charge on any atom is 0.130 e. The number of hydrogen-bond acceptors (Lipinski definition) is 0. The number of rotatable bonds is 1. The molecule has 4 aromatic carbocycles. The number of fused-ring (bicyclic) bond motifs is 8. The van der Waals surface area contributed by atoms with Crippen molar-refractivity contribution in [2.75, 3.05) is 0 Å². The number of para-hydroxylation sites is 1. The van der Waals surface area contributed by atoms with Gasteiger partial charge in [0, 0.05) is 55.4 Å². The summed E-state index contributed by atoms with van der Waals surface area (Å²) in [7, 11) is 0. The quantitative estimate of drug-likeness (QED) is 0.254. The van der Waals surface area contributed by atoms with Crippen molar-refractivity contribution in [1.29, 1.82) is 0 Å². The Kier molecular flexibility index (Phi) is 3.13. The molecule has 1 aliphatic carbocycles. The van der Waals surface area contributed by atoms with E-state index in [0.29, 0.717) is 0 Å². The van der Waals surface area contributed by atoms with Gasteiger partial charge in [0.15, 0.2) is 0 Å². The summed E-state index contributed by atoms with van der Waals surface area (Å²) in [5, 5.41) is 6.61. The number of hydrogen-bond donors (Lipinski definition) is 1. The molecule has 0 spiro atoms. The molecule has 170 valence electrons. The Balaban J connectivity index is 1.69. The first-order chi connectivity index (χ1) is 17.6. The molecule has 9 rings (SSSR count). The van der Waals surface area contributed by atoms with Gasteiger partial charge >= 0.3 is 0 Å². The summed E-state index contributed by atoms with van der Waals surface area (Å²) in [5.41, 5.74) is 11.4. The van der Waals surface area contributed by atoms with Crippen LogP contribution < -0.4 is 0 Å². The van der Waals surface area contributed by atoms with Gasteiger partial charge in [-0.2, -0.15) is 0 Å². The Labute approximate surface area is 207 Å². The van der Waals surface area contributed by atoms with Crippen LogP contribution in [-0.2, 0) is 5.41 Å². The Hall–Kier alpha value is -4.50. The van der Waals surface area contributed by atoms with Gasteiger partial charge in [-0.1, -0.05) is 74.5 Å². The van der Waals surface area contributed by atoms with Crippen LogP contribution >= 0.6 is 0 Å². The molecule has 8 aromatic rings. The van der Waals surface area contributed by atoms with Gasteiger partial charge < -0.3 is 9.55 Å². The molecule has 1 N–H and O–H groups in total. The number of H-pyrrole nitrogens is 1. The van der Waals surface area contributed by atoms with E-state index in [2.05, 4.69) is 125 Å². The van der Waals surface area contributed by atoms with Gasteiger partial charge in [-0.25, -0.2) is 0 Å². The fraction of sp³-hybridized carbons (Fsp3) is 0.0909. The largest absolute Gasteiger partial charge is 0.354 e. The first-order valence-corrected chi connectivity index (χ1v) is 12.6. The van der Waals surface area contributed by atoms with Crippen molar-refractivity contribution in [3.05, 3.63) is 108 Å². The highest BCUT2D eigenvalue weighted by Crippen LogP contribution is 2.54. The molecule has 4 aromatic heterocycles. The highest BCUT2D eigenvalue weighted by molar-refractivity contribution is 6.30. The van der Waals surface area contributed by atoms with Crippen molar-refractivity contribution in [1.82, 2.24) is 14.0 Å². The molecule has 4 heterocycles. The third-order valence-electron chi connectivity index (χ3n) is 8.59. The molecule has 0 unspecified atom stereocenters. The minimum Gasteiger partial charge on any atom is -0.354 e. The average Bonchev–Trinajstić information content (AvgIpc) is 3.60. The van der Waals surface area contributed by atoms with Gasteiger partial charge in [-0.05, 0) is 46.8 Å². The molecule has 0 saturated carbocycles. The summed E-state index contributed by atoms with van der Waals surface area (Å²) >= 11 is 0. The average molecular weight is 462 g/mol. The third-order valence-corrected chi connectivity index (χ3v) is 8.59. The maximum absolute atomic E-state index is 3.74. The molecular formula is C33H23N3. The van der Waals surface area contributed by atoms with Crippen LogP contribution in [0.3, 0.4) is 0 Å². The predicted octanol–water partition coefficient (Wildman–Crippen LogP) is 8.42. The zero-order valence-electron chi connectivity index (χ0n) is 20.1. The van der Waals surface area contributed by atoms with Crippen molar-refractivity contribution in [2.45, 2.75) is 19.3 Å². The lowest BCUT2D eigenvalue weighted by atomic mass is 9.81. The first-order valence-electron chi connectivity index (χ1n) is 12.6. The van der Waals surface area contributed by atoms with Gasteiger partial charge in [0.25, 0.3) is 0 Å². The van der Waals surface area contributed by atoms with Crippen LogP contribution in [0.25, 0.3) is 66.1 Å². The molecule has 3 nitrogen and oxygen atoms in total. The molecule has 0 saturated heterocycles. The van der Waals surface area contributed by atoms with E-state index >= 15 is 0 Å². The van der Waals surface area contributed by atoms with E-state index in [-0.39, 0.29) is 5.41 Å². The second-order valence-electron chi connectivity index (χ2n) is 10.7. The fourth-order valence-corrected chi connectivity index (χ4v) is 7.16. The maximum atomic E-state index is 3.74. The molecule has 36 heavy (non-hydrogen) atoms. The molecule has 0 amide bonds. The summed E-state index contributed by atoms with van der Waals surface area (Å²) in [6, 6.07) is 33.3. The van der Waals surface area contributed by atoms with Gasteiger partial charge in [0.2, 0.25) is 0 Å². The van der Waals surface area contributed by atoms with Crippen molar-refractivity contribution in [2.24, 2.45) is 0 Å². The summed E-state index contributed by atoms with van der Waals surface area (Å²) < 4.78 is 4.94. The predicted molar refractivity (Wildman–Crippen MR) is 150 cm³/mol. The highest BCUT2D eigenvalue weighted by Gasteiger charge is 2.39. The lowest BCUT2D eigenvalue weighted by Crippen LogP contribution is -2.15. The summed E-state index contributed by atoms with van der Waals surface area (Å²) in [5.74, 6) is 0. The topological polar surface area (TPSA) is 25.1 Å². The zero-order valence-corrected chi connectivity index (χ0v) is 20.1. The monoisotopic (exact) mass is 461 g/mol. The van der Waals surface area contributed by atoms with E-state index in [4.69, 9.17) is 0 Å². The van der Waals surface area contributed by atoms with Crippen LogP contribution in [0.1, 0.15) is 25.0 Å². The van der Waals surface area contributed by atoms with Gasteiger partial charge in [-0.3, -0.25) is 4.40 Å². The molecular weight excluding hydrogens is 438 g/mol. The number of nitrogens with zero attached hydrogens (tertiary/aromatic N) is 2. The third kappa shape index (κ3) is 1.96. The Bertz CT molecular complexity index is 2170. The van der Waals surface area contributed by atoms with Crippen molar-refractivity contribution >= 4 is 49.1 Å². The molecule has 0 aliphatic heterocycles. The van der Waals surface area contributed by atoms with E-state index in [0.717, 1.165) is 0 Å². The molecule has 1 aliphatic rings. The molecule has 0 fully saturated rings. The zero-order chi connectivity index (χ0) is 23.8. The standard InChI is InChI=1S/C33H23N3/c1-33(2)24-13-7-6-11-22(24)31-29(33)23-12-8-14-25-27(23)28-26(34-25)16-15-20-21-17-18-35(19-9-4-3-5-10-19)32(21)36(31)30(20)28/h3-18,34H,1-2H3. The van der Waals surface area contributed by atoms with Crippen molar-refractivity contribution < 1.29 is 0 Å². The van der Waals surface area contributed by atoms with Crippen LogP contribution in [0, 0.1) is 0 Å². The van der Waals surface area contributed by atoms with E-state index in [1.54, 1.807) is 0 Å². The molecule has 0 atom stereocenters. The number of aromatic nitrogens is 3. The van der Waals surface area contributed by atoms with E-state index in [1.807, 2.05) is 0 Å². The van der Waals surface area contributed by atoms with Gasteiger partial charge in [0.05, 0.1) is 11.2 Å². The van der Waals surface area contributed by atoms with Gasteiger partial charge in [-0.15, -0.1) is 0 Å². The molecule has 0 bridgehead atoms. The second-order valence-corrected chi connectivity index (χ2v) is 10.7. The lowest BCUT2D eigenvalue weighted by Gasteiger charge is -2.22. The minimum atomic E-state index is -0.126. The Morgan fingerprint density at radius 2 is 1.47 bits per heavy atom. The summed E-state index contributed by atoms with van der Waals surface area (Å²) in [6.45, 7) is 4.78. The van der Waals surface area contributed by atoms with E-state index in [9.17, 15) is 0 Å². The van der Waals surface area contributed by atoms with Crippen LogP contribution in [0.2, 0.25) is 0 Å². The second kappa shape index (κ2) is 6.00. The fourth-order valence-electron chi connectivity index (χ4n) is 7.16. The number of benzene rings is 4. The number of aromatic amines is 1. The smallest absolute Gasteiger partial charge is 0.130 e. The van der Waals surface area contributed by atoms with Crippen LogP contribution in [-0.4, -0.2) is 14.0 Å². The van der Waals surface area contributed by atoms with Crippen LogP contribution in [0.4, 0.5) is 0 Å². The van der Waals surface area contributed by atoms with E-state index in [1.165, 1.54) is 77.2 Å². The SMILES string of the molecule is CC1(C)c2ccccc2-c2c1c1cccc3[nH]c4ccc5c6ccn(-c7ccccc7)c6n2c5c4c31. The van der Waals surface area contributed by atoms with Crippen LogP contribution in [0.15, 0.2) is 97.2 Å². The summed E-state index contributed by atoms with van der Waals surface area (Å²) in [6.07, 6.45) is 2.23. The Morgan fingerprint density at radius 3 is 2.36 bits per heavy atom. The van der Waals surface area contributed by atoms with E-state index < -0.39 is 0 Å².